The first-order valence-electron chi connectivity index (χ1n) is 7.13. The summed E-state index contributed by atoms with van der Waals surface area (Å²) in [4.78, 5) is 12.2. The van der Waals surface area contributed by atoms with Crippen LogP contribution in [0.2, 0.25) is 0 Å². The second-order valence-electron chi connectivity index (χ2n) is 5.25. The number of fused-ring (bicyclic) bond motifs is 1. The van der Waals surface area contributed by atoms with Gasteiger partial charge in [-0.3, -0.25) is 9.89 Å². The van der Waals surface area contributed by atoms with Gasteiger partial charge in [0.25, 0.3) is 0 Å². The van der Waals surface area contributed by atoms with Gasteiger partial charge in [-0.1, -0.05) is 42.5 Å². The van der Waals surface area contributed by atoms with Crippen LogP contribution in [-0.4, -0.2) is 21.2 Å². The Kier molecular flexibility index (Phi) is 3.89. The number of nitrogens with one attached hydrogen (secondary N) is 2. The lowest BCUT2D eigenvalue weighted by Gasteiger charge is -2.06. The highest BCUT2D eigenvalue weighted by Gasteiger charge is 2.10. The maximum absolute atomic E-state index is 12.2. The fourth-order valence-electron chi connectivity index (χ4n) is 2.42. The molecule has 112 valence electrons. The smallest absolute Gasteiger partial charge is 0.230 e. The Bertz CT molecular complexity index is 803. The fraction of sp³-hybridized carbons (Fsp3) is 0.176. The van der Waals surface area contributed by atoms with Gasteiger partial charge in [-0.25, -0.2) is 0 Å². The van der Waals surface area contributed by atoms with Crippen molar-refractivity contribution in [1.82, 2.24) is 10.2 Å². The molecule has 0 bridgehead atoms. The molecule has 5 heteroatoms. The van der Waals surface area contributed by atoms with Crippen molar-refractivity contribution in [3.8, 4) is 0 Å². The Labute approximate surface area is 128 Å². The largest absolute Gasteiger partial charge is 0.387 e. The number of nitrogens with zero attached hydrogens (tertiary/aromatic N) is 1. The number of aliphatic hydroxyl groups excluding tert-OH is 1. The molecule has 0 aliphatic rings. The highest BCUT2D eigenvalue weighted by molar-refractivity contribution is 5.95. The zero-order valence-electron chi connectivity index (χ0n) is 12.2. The summed E-state index contributed by atoms with van der Waals surface area (Å²) in [7, 11) is 0. The lowest BCUT2D eigenvalue weighted by Crippen LogP contribution is -2.14. The third-order valence-corrected chi connectivity index (χ3v) is 3.55. The standard InChI is InChI=1S/C17H17N3O2/c1-11(21)15-10-16(20-19-15)18-17(22)9-13-7-4-6-12-5-2-3-8-14(12)13/h2-8,10-11,21H,9H2,1H3,(H2,18,19,20,22)/t11-/m0/s1. The van der Waals surface area contributed by atoms with Crippen molar-refractivity contribution in [1.29, 1.82) is 0 Å². The minimum atomic E-state index is -0.642. The summed E-state index contributed by atoms with van der Waals surface area (Å²) in [6.45, 7) is 1.63. The molecule has 0 fully saturated rings. The molecular formula is C17H17N3O2. The number of benzene rings is 2. The zero-order chi connectivity index (χ0) is 15.5. The van der Waals surface area contributed by atoms with Gasteiger partial charge in [0.2, 0.25) is 5.91 Å². The van der Waals surface area contributed by atoms with Crippen LogP contribution in [0.5, 0.6) is 0 Å². The van der Waals surface area contributed by atoms with Crippen molar-refractivity contribution in [2.24, 2.45) is 0 Å². The number of aromatic nitrogens is 2. The molecule has 0 saturated heterocycles. The molecule has 1 amide bonds. The van der Waals surface area contributed by atoms with Crippen LogP contribution in [0, 0.1) is 0 Å². The van der Waals surface area contributed by atoms with Gasteiger partial charge in [-0.2, -0.15) is 5.10 Å². The number of amides is 1. The third kappa shape index (κ3) is 2.99. The van der Waals surface area contributed by atoms with Crippen LogP contribution in [0.1, 0.15) is 24.3 Å². The number of aromatic amines is 1. The zero-order valence-corrected chi connectivity index (χ0v) is 12.2. The second kappa shape index (κ2) is 5.99. The summed E-state index contributed by atoms with van der Waals surface area (Å²) >= 11 is 0. The third-order valence-electron chi connectivity index (χ3n) is 3.55. The van der Waals surface area contributed by atoms with Gasteiger partial charge in [0, 0.05) is 6.07 Å². The fourth-order valence-corrected chi connectivity index (χ4v) is 2.42. The van der Waals surface area contributed by atoms with Gasteiger partial charge < -0.3 is 10.4 Å². The van der Waals surface area contributed by atoms with Gasteiger partial charge in [0.05, 0.1) is 18.2 Å². The second-order valence-corrected chi connectivity index (χ2v) is 5.25. The molecule has 0 aliphatic carbocycles. The first-order chi connectivity index (χ1) is 10.6. The minimum absolute atomic E-state index is 0.139. The summed E-state index contributed by atoms with van der Waals surface area (Å²) in [5, 5.41) is 21.0. The average molecular weight is 295 g/mol. The van der Waals surface area contributed by atoms with Crippen molar-refractivity contribution in [3.05, 3.63) is 59.8 Å². The number of aliphatic hydroxyl groups is 1. The summed E-state index contributed by atoms with van der Waals surface area (Å²) < 4.78 is 0. The highest BCUT2D eigenvalue weighted by atomic mass is 16.3. The van der Waals surface area contributed by atoms with Crippen LogP contribution < -0.4 is 5.32 Å². The van der Waals surface area contributed by atoms with E-state index in [1.807, 2.05) is 42.5 Å². The minimum Gasteiger partial charge on any atom is -0.387 e. The molecule has 3 aromatic rings. The van der Waals surface area contributed by atoms with Gasteiger partial charge in [0.15, 0.2) is 5.82 Å². The van der Waals surface area contributed by atoms with E-state index in [-0.39, 0.29) is 12.3 Å². The Morgan fingerprint density at radius 1 is 1.27 bits per heavy atom. The van der Waals surface area contributed by atoms with E-state index in [2.05, 4.69) is 15.5 Å². The molecular weight excluding hydrogens is 278 g/mol. The molecule has 1 atom stereocenters. The topological polar surface area (TPSA) is 78.0 Å². The van der Waals surface area contributed by atoms with E-state index in [1.165, 1.54) is 0 Å². The van der Waals surface area contributed by atoms with Crippen molar-refractivity contribution >= 4 is 22.5 Å². The Hall–Kier alpha value is -2.66. The van der Waals surface area contributed by atoms with Crippen molar-refractivity contribution in [2.75, 3.05) is 5.32 Å². The number of anilines is 1. The normalized spacial score (nSPS) is 12.3. The first-order valence-corrected chi connectivity index (χ1v) is 7.13. The Balaban J connectivity index is 1.75. The van der Waals surface area contributed by atoms with E-state index >= 15 is 0 Å². The van der Waals surface area contributed by atoms with Crippen LogP contribution in [0.15, 0.2) is 48.5 Å². The van der Waals surface area contributed by atoms with Gasteiger partial charge in [-0.15, -0.1) is 0 Å². The lowest BCUT2D eigenvalue weighted by molar-refractivity contribution is -0.115. The average Bonchev–Trinajstić information content (AvgIpc) is 2.96. The molecule has 22 heavy (non-hydrogen) atoms. The molecule has 0 radical (unpaired) electrons. The number of hydrogen-bond acceptors (Lipinski definition) is 3. The summed E-state index contributed by atoms with van der Waals surface area (Å²) in [5.41, 5.74) is 1.54. The first kappa shape index (κ1) is 14.3. The number of hydrogen-bond donors (Lipinski definition) is 3. The van der Waals surface area contributed by atoms with E-state index in [0.717, 1.165) is 16.3 Å². The SMILES string of the molecule is C[C@H](O)c1cc(NC(=O)Cc2cccc3ccccc23)n[nH]1. The van der Waals surface area contributed by atoms with Crippen molar-refractivity contribution in [3.63, 3.8) is 0 Å². The highest BCUT2D eigenvalue weighted by Crippen LogP contribution is 2.19. The molecule has 0 saturated carbocycles. The van der Waals surface area contributed by atoms with Crippen LogP contribution in [-0.2, 0) is 11.2 Å². The molecule has 0 spiro atoms. The molecule has 0 unspecified atom stereocenters. The van der Waals surface area contributed by atoms with Crippen LogP contribution in [0.3, 0.4) is 0 Å². The predicted octanol–water partition coefficient (Wildman–Crippen LogP) is 2.80. The van der Waals surface area contributed by atoms with E-state index in [1.54, 1.807) is 13.0 Å². The van der Waals surface area contributed by atoms with Crippen molar-refractivity contribution < 1.29 is 9.90 Å². The number of carbonyl (C=O) groups excluding carboxylic acids is 1. The summed E-state index contributed by atoms with van der Waals surface area (Å²) in [6.07, 6.45) is -0.366. The predicted molar refractivity (Wildman–Crippen MR) is 85.5 cm³/mol. The molecule has 1 aromatic heterocycles. The number of carbonyl (C=O) groups is 1. The summed E-state index contributed by atoms with van der Waals surface area (Å²) in [6, 6.07) is 15.5. The van der Waals surface area contributed by atoms with Gasteiger partial charge in [0.1, 0.15) is 0 Å². The van der Waals surface area contributed by atoms with Crippen LogP contribution in [0.25, 0.3) is 10.8 Å². The quantitative estimate of drug-likeness (QED) is 0.692. The van der Waals surface area contributed by atoms with E-state index in [4.69, 9.17) is 0 Å². The van der Waals surface area contributed by atoms with E-state index in [9.17, 15) is 9.90 Å². The molecule has 5 nitrogen and oxygen atoms in total. The summed E-state index contributed by atoms with van der Waals surface area (Å²) in [5.74, 6) is 0.279. The van der Waals surface area contributed by atoms with Gasteiger partial charge >= 0.3 is 0 Å². The Morgan fingerprint density at radius 3 is 2.82 bits per heavy atom. The number of rotatable bonds is 4. The van der Waals surface area contributed by atoms with Crippen LogP contribution >= 0.6 is 0 Å². The monoisotopic (exact) mass is 295 g/mol. The van der Waals surface area contributed by atoms with Crippen molar-refractivity contribution in [2.45, 2.75) is 19.4 Å². The van der Waals surface area contributed by atoms with Gasteiger partial charge in [-0.05, 0) is 23.3 Å². The molecule has 2 aromatic carbocycles. The number of H-pyrrole nitrogens is 1. The van der Waals surface area contributed by atoms with E-state index < -0.39 is 6.10 Å². The Morgan fingerprint density at radius 2 is 2.05 bits per heavy atom. The maximum atomic E-state index is 12.2. The molecule has 0 aliphatic heterocycles. The molecule has 3 N–H and O–H groups in total. The molecule has 1 heterocycles. The van der Waals surface area contributed by atoms with Crippen LogP contribution in [0.4, 0.5) is 5.82 Å². The lowest BCUT2D eigenvalue weighted by atomic mass is 10.0. The maximum Gasteiger partial charge on any atom is 0.230 e. The molecule has 3 rings (SSSR count). The van der Waals surface area contributed by atoms with E-state index in [0.29, 0.717) is 11.5 Å².